The third kappa shape index (κ3) is 5.11. The Morgan fingerprint density at radius 2 is 1.87 bits per heavy atom. The van der Waals surface area contributed by atoms with Gasteiger partial charge in [-0.3, -0.25) is 9.36 Å². The fraction of sp³-hybridized carbons (Fsp3) is 0.423. The Labute approximate surface area is 227 Å². The Morgan fingerprint density at radius 3 is 2.46 bits per heavy atom. The minimum Gasteiger partial charge on any atom is -0.496 e. The van der Waals surface area contributed by atoms with Crippen molar-refractivity contribution in [1.29, 1.82) is 0 Å². The Hall–Kier alpha value is -3.84. The maximum atomic E-state index is 14.4. The van der Waals surface area contributed by atoms with Crippen molar-refractivity contribution in [3.63, 3.8) is 0 Å². The lowest BCUT2D eigenvalue weighted by molar-refractivity contribution is -0.146. The van der Waals surface area contributed by atoms with E-state index in [9.17, 15) is 23.9 Å². The van der Waals surface area contributed by atoms with Gasteiger partial charge in [-0.1, -0.05) is 25.2 Å². The third-order valence-corrected chi connectivity index (χ3v) is 7.67. The van der Waals surface area contributed by atoms with Crippen LogP contribution in [0.1, 0.15) is 44.9 Å². The number of aromatic nitrogens is 5. The van der Waals surface area contributed by atoms with Crippen LogP contribution in [0.3, 0.4) is 0 Å². The lowest BCUT2D eigenvalue weighted by Crippen LogP contribution is -2.52. The van der Waals surface area contributed by atoms with Crippen molar-refractivity contribution >= 4 is 27.5 Å². The number of carboxylic acids is 1. The van der Waals surface area contributed by atoms with E-state index >= 15 is 0 Å². The molecule has 0 aliphatic heterocycles. The molecule has 0 saturated heterocycles. The summed E-state index contributed by atoms with van der Waals surface area (Å²) in [6.07, 6.45) is 2.09. The number of ether oxygens (including phenoxy) is 2. The quantitative estimate of drug-likeness (QED) is 0.313. The van der Waals surface area contributed by atoms with Crippen LogP contribution in [-0.4, -0.2) is 48.9 Å². The Balaban J connectivity index is 2.04. The molecule has 0 aliphatic rings. The molecule has 4 aromatic rings. The summed E-state index contributed by atoms with van der Waals surface area (Å²) in [5.41, 5.74) is -2.59. The van der Waals surface area contributed by atoms with Crippen LogP contribution in [0.4, 0.5) is 4.39 Å². The number of halogens is 1. The minimum atomic E-state index is -1.87. The zero-order valence-electron chi connectivity index (χ0n) is 22.5. The number of nitrogens with zero attached hydrogens (tertiary/aromatic N) is 5. The second-order valence-electron chi connectivity index (χ2n) is 10.0. The van der Waals surface area contributed by atoms with Crippen LogP contribution in [0, 0.1) is 18.7 Å². The van der Waals surface area contributed by atoms with Crippen molar-refractivity contribution in [2.45, 2.75) is 52.8 Å². The molecule has 0 amide bonds. The Kier molecular flexibility index (Phi) is 7.75. The average Bonchev–Trinajstić information content (AvgIpc) is 3.51. The predicted octanol–water partition coefficient (Wildman–Crippen LogP) is 3.50. The minimum absolute atomic E-state index is 0.116. The molecule has 0 aliphatic carbocycles. The van der Waals surface area contributed by atoms with Crippen LogP contribution >= 0.6 is 11.3 Å². The Morgan fingerprint density at radius 1 is 1.21 bits per heavy atom. The van der Waals surface area contributed by atoms with E-state index in [1.807, 2.05) is 13.8 Å². The lowest BCUT2D eigenvalue weighted by Gasteiger charge is -2.26. The number of aryl methyl sites for hydroxylation is 1. The van der Waals surface area contributed by atoms with Gasteiger partial charge >= 0.3 is 11.7 Å². The molecule has 0 fully saturated rings. The molecule has 0 saturated carbocycles. The van der Waals surface area contributed by atoms with Gasteiger partial charge in [0.25, 0.3) is 5.56 Å². The highest BCUT2D eigenvalue weighted by Gasteiger charge is 2.36. The fourth-order valence-electron chi connectivity index (χ4n) is 4.27. The molecule has 1 N–H and O–H groups in total. The van der Waals surface area contributed by atoms with Gasteiger partial charge in [-0.25, -0.2) is 18.5 Å². The van der Waals surface area contributed by atoms with E-state index in [0.717, 1.165) is 15.9 Å². The summed E-state index contributed by atoms with van der Waals surface area (Å²) < 4.78 is 28.1. The van der Waals surface area contributed by atoms with Crippen LogP contribution in [0.5, 0.6) is 5.75 Å². The second kappa shape index (κ2) is 10.7. The number of benzene rings is 1. The molecule has 1 aromatic carbocycles. The summed E-state index contributed by atoms with van der Waals surface area (Å²) in [4.78, 5) is 41.5. The standard InChI is InChI=1S/C26H30FN5O6S/c1-14(2)13-38-19(17-11-16(27)7-8-18(17)37-6)12-30-23-20(15(3)22(39-23)32-28-9-10-29-32)21(33)31(25(30)36)26(4,5)24(34)35/h7-11,14,19H,12-13H2,1-6H3,(H,34,35)/t19-/m0/s1. The van der Waals surface area contributed by atoms with E-state index < -0.39 is 34.7 Å². The van der Waals surface area contributed by atoms with Gasteiger partial charge < -0.3 is 14.6 Å². The first-order valence-corrected chi connectivity index (χ1v) is 13.0. The lowest BCUT2D eigenvalue weighted by atomic mass is 10.1. The first-order valence-electron chi connectivity index (χ1n) is 12.2. The molecular formula is C26H30FN5O6S. The number of fused-ring (bicyclic) bond motifs is 1. The van der Waals surface area contributed by atoms with Gasteiger partial charge in [0.1, 0.15) is 33.0 Å². The smallest absolute Gasteiger partial charge is 0.333 e. The van der Waals surface area contributed by atoms with E-state index in [-0.39, 0.29) is 24.5 Å². The van der Waals surface area contributed by atoms with Crippen molar-refractivity contribution in [3.8, 4) is 10.8 Å². The van der Waals surface area contributed by atoms with E-state index in [4.69, 9.17) is 9.47 Å². The molecule has 0 bridgehead atoms. The first-order chi connectivity index (χ1) is 18.4. The third-order valence-electron chi connectivity index (χ3n) is 6.39. The van der Waals surface area contributed by atoms with E-state index in [1.165, 1.54) is 60.9 Å². The summed E-state index contributed by atoms with van der Waals surface area (Å²) in [5.74, 6) is -1.39. The number of thiophene rings is 1. The van der Waals surface area contributed by atoms with E-state index in [2.05, 4.69) is 10.2 Å². The SMILES string of the molecule is COc1ccc(F)cc1[C@H](Cn1c(=O)n(C(C)(C)C(=O)O)c(=O)c2c(C)c(-n3nccn3)sc21)OCC(C)C. The number of carboxylic acid groups (broad SMARTS) is 1. The summed E-state index contributed by atoms with van der Waals surface area (Å²) in [6.45, 7) is 8.30. The average molecular weight is 560 g/mol. The number of aliphatic carboxylic acids is 1. The van der Waals surface area contributed by atoms with Crippen molar-refractivity contribution in [1.82, 2.24) is 24.1 Å². The largest absolute Gasteiger partial charge is 0.496 e. The first kappa shape index (κ1) is 28.2. The summed E-state index contributed by atoms with van der Waals surface area (Å²) in [6, 6.07) is 4.01. The topological polar surface area (TPSA) is 130 Å². The molecule has 3 heterocycles. The molecule has 39 heavy (non-hydrogen) atoms. The van der Waals surface area contributed by atoms with Gasteiger partial charge in [-0.2, -0.15) is 10.2 Å². The van der Waals surface area contributed by atoms with Crippen molar-refractivity contribution in [2.24, 2.45) is 5.92 Å². The van der Waals surface area contributed by atoms with Crippen molar-refractivity contribution in [2.75, 3.05) is 13.7 Å². The Bertz CT molecular complexity index is 1640. The second-order valence-corrected chi connectivity index (χ2v) is 11.0. The number of rotatable bonds is 10. The van der Waals surface area contributed by atoms with Crippen LogP contribution in [0.2, 0.25) is 0 Å². The van der Waals surface area contributed by atoms with Crippen LogP contribution in [-0.2, 0) is 21.6 Å². The number of methoxy groups -OCH3 is 1. The van der Waals surface area contributed by atoms with E-state index in [0.29, 0.717) is 26.7 Å². The molecule has 1 atom stereocenters. The normalized spacial score (nSPS) is 12.8. The van der Waals surface area contributed by atoms with Gasteiger partial charge in [-0.15, -0.1) is 4.80 Å². The monoisotopic (exact) mass is 559 g/mol. The predicted molar refractivity (Wildman–Crippen MR) is 143 cm³/mol. The van der Waals surface area contributed by atoms with Crippen molar-refractivity contribution < 1.29 is 23.8 Å². The van der Waals surface area contributed by atoms with E-state index in [1.54, 1.807) is 6.92 Å². The molecule has 11 nitrogen and oxygen atoms in total. The van der Waals surface area contributed by atoms with Gasteiger partial charge in [-0.05, 0) is 44.9 Å². The zero-order chi connectivity index (χ0) is 28.6. The van der Waals surface area contributed by atoms with Crippen molar-refractivity contribution in [3.05, 3.63) is 68.4 Å². The van der Waals surface area contributed by atoms with Crippen LogP contribution in [0.25, 0.3) is 15.2 Å². The highest BCUT2D eigenvalue weighted by molar-refractivity contribution is 7.21. The highest BCUT2D eigenvalue weighted by atomic mass is 32.1. The molecular weight excluding hydrogens is 529 g/mol. The number of carbonyl (C=O) groups is 1. The molecule has 3 aromatic heterocycles. The molecule has 0 spiro atoms. The summed E-state index contributed by atoms with van der Waals surface area (Å²) in [5, 5.41) is 18.9. The van der Waals surface area contributed by atoms with Crippen LogP contribution in [0.15, 0.2) is 40.2 Å². The van der Waals surface area contributed by atoms with Gasteiger partial charge in [0.05, 0.1) is 31.4 Å². The number of hydrogen-bond donors (Lipinski definition) is 1. The maximum absolute atomic E-state index is 14.4. The van der Waals surface area contributed by atoms with Gasteiger partial charge in [0, 0.05) is 17.7 Å². The summed E-state index contributed by atoms with van der Waals surface area (Å²) >= 11 is 1.12. The molecule has 4 rings (SSSR count). The number of hydrogen-bond acceptors (Lipinski definition) is 8. The fourth-order valence-corrected chi connectivity index (χ4v) is 5.49. The van der Waals surface area contributed by atoms with Gasteiger partial charge in [0.2, 0.25) is 0 Å². The zero-order valence-corrected chi connectivity index (χ0v) is 23.3. The molecule has 13 heteroatoms. The highest BCUT2D eigenvalue weighted by Crippen LogP contribution is 2.34. The molecule has 208 valence electrons. The molecule has 0 unspecified atom stereocenters. The van der Waals surface area contributed by atoms with Gasteiger partial charge in [0.15, 0.2) is 0 Å². The summed E-state index contributed by atoms with van der Waals surface area (Å²) in [7, 11) is 1.45. The molecule has 0 radical (unpaired) electrons. The maximum Gasteiger partial charge on any atom is 0.333 e. The van der Waals surface area contributed by atoms with Crippen LogP contribution < -0.4 is 16.0 Å².